The van der Waals surface area contributed by atoms with Gasteiger partial charge in [0, 0.05) is 13.5 Å². The Bertz CT molecular complexity index is 134. The lowest BCUT2D eigenvalue weighted by atomic mass is 10.1. The molecule has 0 radical (unpaired) electrons. The molecule has 3 nitrogen and oxygen atoms in total. The third kappa shape index (κ3) is 5.13. The topological polar surface area (TPSA) is 38.3 Å². The van der Waals surface area contributed by atoms with E-state index in [1.165, 1.54) is 6.92 Å². The first-order chi connectivity index (χ1) is 5.57. The molecule has 0 aliphatic heterocycles. The van der Waals surface area contributed by atoms with Crippen LogP contribution in [0.3, 0.4) is 0 Å². The van der Waals surface area contributed by atoms with Crippen LogP contribution in [0.5, 0.6) is 0 Å². The van der Waals surface area contributed by atoms with Crippen molar-refractivity contribution >= 4 is 5.91 Å². The van der Waals surface area contributed by atoms with Crippen LogP contribution in [0.2, 0.25) is 0 Å². The molecule has 1 atom stereocenters. The van der Waals surface area contributed by atoms with Crippen molar-refractivity contribution in [3.63, 3.8) is 0 Å². The van der Waals surface area contributed by atoms with E-state index in [1.54, 1.807) is 0 Å². The number of hydrogen-bond acceptors (Lipinski definition) is 2. The number of carbonyl (C=O) groups excluding carboxylic acids is 1. The molecule has 0 heterocycles. The van der Waals surface area contributed by atoms with Crippen LogP contribution in [0.15, 0.2) is 0 Å². The molecule has 1 amide bonds. The molecule has 0 saturated heterocycles. The van der Waals surface area contributed by atoms with Crippen LogP contribution >= 0.6 is 0 Å². The highest BCUT2D eigenvalue weighted by atomic mass is 16.5. The zero-order valence-corrected chi connectivity index (χ0v) is 8.39. The Morgan fingerprint density at radius 2 is 2.08 bits per heavy atom. The second-order valence-electron chi connectivity index (χ2n) is 3.21. The second-order valence-corrected chi connectivity index (χ2v) is 3.21. The molecule has 0 aromatic rings. The Balaban J connectivity index is 3.78. The maximum Gasteiger partial charge on any atom is 0.217 e. The summed E-state index contributed by atoms with van der Waals surface area (Å²) in [6.07, 6.45) is 0. The SMILES string of the molecule is CCOC[C@@H](NC(C)=O)C(C)C. The highest BCUT2D eigenvalue weighted by Crippen LogP contribution is 2.01. The van der Waals surface area contributed by atoms with Crippen molar-refractivity contribution in [2.45, 2.75) is 33.7 Å². The van der Waals surface area contributed by atoms with Crippen LogP contribution in [0.1, 0.15) is 27.7 Å². The van der Waals surface area contributed by atoms with Crippen molar-refractivity contribution < 1.29 is 9.53 Å². The summed E-state index contributed by atoms with van der Waals surface area (Å²) >= 11 is 0. The van der Waals surface area contributed by atoms with Gasteiger partial charge < -0.3 is 10.1 Å². The van der Waals surface area contributed by atoms with Gasteiger partial charge in [-0.15, -0.1) is 0 Å². The number of nitrogens with one attached hydrogen (secondary N) is 1. The van der Waals surface area contributed by atoms with Gasteiger partial charge in [-0.1, -0.05) is 13.8 Å². The Morgan fingerprint density at radius 3 is 2.42 bits per heavy atom. The molecular weight excluding hydrogens is 154 g/mol. The monoisotopic (exact) mass is 173 g/mol. The minimum Gasteiger partial charge on any atom is -0.380 e. The molecule has 0 bridgehead atoms. The van der Waals surface area contributed by atoms with Crippen molar-refractivity contribution in [1.29, 1.82) is 0 Å². The third-order valence-corrected chi connectivity index (χ3v) is 1.69. The molecular formula is C9H19NO2. The van der Waals surface area contributed by atoms with Gasteiger partial charge >= 0.3 is 0 Å². The van der Waals surface area contributed by atoms with E-state index in [0.717, 1.165) is 0 Å². The number of rotatable bonds is 5. The molecule has 0 aromatic carbocycles. The van der Waals surface area contributed by atoms with Crippen molar-refractivity contribution in [2.24, 2.45) is 5.92 Å². The molecule has 0 saturated carbocycles. The normalized spacial score (nSPS) is 13.1. The van der Waals surface area contributed by atoms with Crippen LogP contribution in [0.4, 0.5) is 0 Å². The van der Waals surface area contributed by atoms with Crippen LogP contribution < -0.4 is 5.32 Å². The van der Waals surface area contributed by atoms with Crippen molar-refractivity contribution in [3.05, 3.63) is 0 Å². The van der Waals surface area contributed by atoms with E-state index in [-0.39, 0.29) is 11.9 Å². The molecule has 12 heavy (non-hydrogen) atoms. The quantitative estimate of drug-likeness (QED) is 0.678. The molecule has 0 aliphatic rings. The molecule has 0 spiro atoms. The van der Waals surface area contributed by atoms with Gasteiger partial charge in [0.1, 0.15) is 0 Å². The summed E-state index contributed by atoms with van der Waals surface area (Å²) in [6, 6.07) is 0.141. The van der Waals surface area contributed by atoms with Gasteiger partial charge in [0.05, 0.1) is 12.6 Å². The lowest BCUT2D eigenvalue weighted by Crippen LogP contribution is -2.40. The number of hydrogen-bond donors (Lipinski definition) is 1. The molecule has 1 N–H and O–H groups in total. The van der Waals surface area contributed by atoms with Crippen LogP contribution in [-0.4, -0.2) is 25.2 Å². The average Bonchev–Trinajstić information content (AvgIpc) is 1.96. The fourth-order valence-corrected chi connectivity index (χ4v) is 0.907. The van der Waals surface area contributed by atoms with Gasteiger partial charge in [-0.2, -0.15) is 0 Å². The van der Waals surface area contributed by atoms with Crippen LogP contribution in [-0.2, 0) is 9.53 Å². The predicted molar refractivity (Wildman–Crippen MR) is 48.9 cm³/mol. The first kappa shape index (κ1) is 11.4. The summed E-state index contributed by atoms with van der Waals surface area (Å²) in [6.45, 7) is 8.92. The van der Waals surface area contributed by atoms with Gasteiger partial charge in [0.25, 0.3) is 0 Å². The average molecular weight is 173 g/mol. The lowest BCUT2D eigenvalue weighted by Gasteiger charge is -2.20. The fourth-order valence-electron chi connectivity index (χ4n) is 0.907. The van der Waals surface area contributed by atoms with Crippen LogP contribution in [0.25, 0.3) is 0 Å². The van der Waals surface area contributed by atoms with E-state index >= 15 is 0 Å². The van der Waals surface area contributed by atoms with Gasteiger partial charge in [-0.3, -0.25) is 4.79 Å². The van der Waals surface area contributed by atoms with E-state index < -0.39 is 0 Å². The van der Waals surface area contributed by atoms with E-state index in [0.29, 0.717) is 19.1 Å². The number of ether oxygens (including phenoxy) is 1. The molecule has 72 valence electrons. The molecule has 0 aromatic heterocycles. The van der Waals surface area contributed by atoms with Gasteiger partial charge in [-0.05, 0) is 12.8 Å². The van der Waals surface area contributed by atoms with Gasteiger partial charge in [0.15, 0.2) is 0 Å². The third-order valence-electron chi connectivity index (χ3n) is 1.69. The summed E-state index contributed by atoms with van der Waals surface area (Å²) in [5.74, 6) is 0.425. The van der Waals surface area contributed by atoms with Crippen molar-refractivity contribution in [3.8, 4) is 0 Å². The van der Waals surface area contributed by atoms with E-state index in [4.69, 9.17) is 4.74 Å². The Labute approximate surface area is 74.5 Å². The summed E-state index contributed by atoms with van der Waals surface area (Å²) in [5.41, 5.74) is 0. The summed E-state index contributed by atoms with van der Waals surface area (Å²) < 4.78 is 5.24. The Morgan fingerprint density at radius 1 is 1.50 bits per heavy atom. The lowest BCUT2D eigenvalue weighted by molar-refractivity contribution is -0.120. The maximum absolute atomic E-state index is 10.8. The minimum atomic E-state index is 0.00778. The first-order valence-electron chi connectivity index (χ1n) is 4.42. The second kappa shape index (κ2) is 6.00. The molecule has 0 unspecified atom stereocenters. The maximum atomic E-state index is 10.8. The zero-order chi connectivity index (χ0) is 9.56. The highest BCUT2D eigenvalue weighted by molar-refractivity contribution is 5.73. The predicted octanol–water partition coefficient (Wildman–Crippen LogP) is 1.18. The summed E-state index contributed by atoms with van der Waals surface area (Å²) in [7, 11) is 0. The smallest absolute Gasteiger partial charge is 0.217 e. The molecule has 0 rings (SSSR count). The van der Waals surface area contributed by atoms with Gasteiger partial charge in [0.2, 0.25) is 5.91 Å². The van der Waals surface area contributed by atoms with Gasteiger partial charge in [-0.25, -0.2) is 0 Å². The molecule has 3 heteroatoms. The first-order valence-corrected chi connectivity index (χ1v) is 4.42. The highest BCUT2D eigenvalue weighted by Gasteiger charge is 2.13. The fraction of sp³-hybridized carbons (Fsp3) is 0.889. The standard InChI is InChI=1S/C9H19NO2/c1-5-12-6-9(7(2)3)10-8(4)11/h7,9H,5-6H2,1-4H3,(H,10,11)/t9-/m1/s1. The van der Waals surface area contributed by atoms with Crippen molar-refractivity contribution in [1.82, 2.24) is 5.32 Å². The Kier molecular flexibility index (Phi) is 5.72. The minimum absolute atomic E-state index is 0.00778. The van der Waals surface area contributed by atoms with E-state index in [9.17, 15) is 4.79 Å². The zero-order valence-electron chi connectivity index (χ0n) is 8.39. The summed E-state index contributed by atoms with van der Waals surface area (Å²) in [4.78, 5) is 10.8. The van der Waals surface area contributed by atoms with E-state index in [1.807, 2.05) is 6.92 Å². The van der Waals surface area contributed by atoms with Crippen molar-refractivity contribution in [2.75, 3.05) is 13.2 Å². The van der Waals surface area contributed by atoms with E-state index in [2.05, 4.69) is 19.2 Å². The molecule has 0 aliphatic carbocycles. The van der Waals surface area contributed by atoms with Crippen LogP contribution in [0, 0.1) is 5.92 Å². The molecule has 0 fully saturated rings. The Hall–Kier alpha value is -0.570. The summed E-state index contributed by atoms with van der Waals surface area (Å²) in [5, 5.41) is 2.85. The largest absolute Gasteiger partial charge is 0.380 e. The number of amides is 1. The number of carbonyl (C=O) groups is 1.